The lowest BCUT2D eigenvalue weighted by atomic mass is 9.87. The second kappa shape index (κ2) is 10.3. The smallest absolute Gasteiger partial charge is 0.166 e. The maximum Gasteiger partial charge on any atom is 0.166 e. The molecule has 2 aromatic rings. The molecular weight excluding hydrogens is 378 g/mol. The van der Waals surface area contributed by atoms with Crippen molar-refractivity contribution in [1.82, 2.24) is 15.3 Å². The summed E-state index contributed by atoms with van der Waals surface area (Å²) in [7, 11) is 0. The zero-order chi connectivity index (χ0) is 20.8. The molecule has 2 aliphatic rings. The summed E-state index contributed by atoms with van der Waals surface area (Å²) in [5.74, 6) is 1.48. The first-order chi connectivity index (χ1) is 14.7. The van der Waals surface area contributed by atoms with Gasteiger partial charge in [0, 0.05) is 36.5 Å². The lowest BCUT2D eigenvalue weighted by molar-refractivity contribution is 0.0714. The van der Waals surface area contributed by atoms with Crippen molar-refractivity contribution in [2.45, 2.75) is 69.7 Å². The monoisotopic (exact) mass is 411 g/mol. The highest BCUT2D eigenvalue weighted by molar-refractivity contribution is 5.21. The Morgan fingerprint density at radius 2 is 1.83 bits per heavy atom. The minimum Gasteiger partial charge on any atom is -0.486 e. The fourth-order valence-corrected chi connectivity index (χ4v) is 5.04. The number of hydrogen-bond acceptors (Lipinski definition) is 6. The van der Waals surface area contributed by atoms with E-state index in [1.54, 1.807) is 6.20 Å². The summed E-state index contributed by atoms with van der Waals surface area (Å²) >= 11 is 0. The number of rotatable bonds is 8. The van der Waals surface area contributed by atoms with Crippen molar-refractivity contribution in [2.24, 2.45) is 11.8 Å². The molecule has 2 saturated carbocycles. The Morgan fingerprint density at radius 1 is 1.03 bits per heavy atom. The van der Waals surface area contributed by atoms with Gasteiger partial charge in [-0.15, -0.1) is 0 Å². The fraction of sp³-hybridized carbons (Fsp3) is 0.583. The van der Waals surface area contributed by atoms with E-state index in [1.165, 1.54) is 32.1 Å². The minimum absolute atomic E-state index is 0.00371. The van der Waals surface area contributed by atoms with Gasteiger partial charge in [0.2, 0.25) is 0 Å². The highest BCUT2D eigenvalue weighted by atomic mass is 16.5. The topological polar surface area (TPSA) is 87.5 Å². The molecule has 1 aromatic carbocycles. The van der Waals surface area contributed by atoms with Crippen LogP contribution in [0.2, 0.25) is 0 Å². The van der Waals surface area contributed by atoms with Gasteiger partial charge in [0.15, 0.2) is 5.82 Å². The molecule has 0 bridgehead atoms. The van der Waals surface area contributed by atoms with Crippen LogP contribution >= 0.6 is 0 Å². The van der Waals surface area contributed by atoms with E-state index in [-0.39, 0.29) is 24.5 Å². The van der Waals surface area contributed by atoms with Gasteiger partial charge in [-0.25, -0.2) is 9.97 Å². The fourth-order valence-electron chi connectivity index (χ4n) is 5.04. The third-order valence-electron chi connectivity index (χ3n) is 6.64. The summed E-state index contributed by atoms with van der Waals surface area (Å²) in [4.78, 5) is 9.04. The van der Waals surface area contributed by atoms with Gasteiger partial charge >= 0.3 is 0 Å². The number of benzene rings is 1. The highest BCUT2D eigenvalue weighted by Gasteiger charge is 2.42. The number of aliphatic hydroxyl groups is 2. The molecule has 3 N–H and O–H groups in total. The molecule has 4 rings (SSSR count). The van der Waals surface area contributed by atoms with Crippen LogP contribution in [0, 0.1) is 11.8 Å². The molecule has 0 radical (unpaired) electrons. The zero-order valence-corrected chi connectivity index (χ0v) is 17.5. The predicted molar refractivity (Wildman–Crippen MR) is 115 cm³/mol. The Morgan fingerprint density at radius 3 is 2.60 bits per heavy atom. The Kier molecular flexibility index (Phi) is 7.31. The average Bonchev–Trinajstić information content (AvgIpc) is 3.07. The van der Waals surface area contributed by atoms with Crippen LogP contribution in [-0.2, 0) is 13.0 Å². The van der Waals surface area contributed by atoms with Gasteiger partial charge in [0.05, 0.1) is 6.10 Å². The summed E-state index contributed by atoms with van der Waals surface area (Å²) in [6, 6.07) is 12.3. The maximum absolute atomic E-state index is 10.5. The van der Waals surface area contributed by atoms with Crippen molar-refractivity contribution < 1.29 is 14.9 Å². The van der Waals surface area contributed by atoms with Crippen molar-refractivity contribution >= 4 is 0 Å². The van der Waals surface area contributed by atoms with Crippen LogP contribution in [0.3, 0.4) is 0 Å². The number of hydrogen-bond donors (Lipinski definition) is 3. The molecule has 4 unspecified atom stereocenters. The molecule has 0 aliphatic heterocycles. The van der Waals surface area contributed by atoms with E-state index in [1.807, 2.05) is 36.4 Å². The lowest BCUT2D eigenvalue weighted by Gasteiger charge is -2.31. The predicted octanol–water partition coefficient (Wildman–Crippen LogP) is 2.88. The highest BCUT2D eigenvalue weighted by Crippen LogP contribution is 2.35. The molecule has 4 atom stereocenters. The molecule has 6 heteroatoms. The van der Waals surface area contributed by atoms with Gasteiger partial charge in [-0.05, 0) is 49.8 Å². The SMILES string of the molecule is OCC1C(O)CC(NC2CCCCC2)C1Cc1ccnc(COc2ccccc2)n1. The molecule has 0 spiro atoms. The third-order valence-corrected chi connectivity index (χ3v) is 6.64. The number of ether oxygens (including phenoxy) is 1. The van der Waals surface area contributed by atoms with Crippen molar-refractivity contribution in [3.63, 3.8) is 0 Å². The molecular formula is C24H33N3O3. The number of aliphatic hydroxyl groups excluding tert-OH is 2. The van der Waals surface area contributed by atoms with Gasteiger partial charge in [-0.1, -0.05) is 37.5 Å². The Labute approximate surface area is 178 Å². The quantitative estimate of drug-likeness (QED) is 0.619. The Hall–Kier alpha value is -2.02. The normalized spacial score (nSPS) is 27.3. The van der Waals surface area contributed by atoms with E-state index in [0.29, 0.717) is 31.3 Å². The summed E-state index contributed by atoms with van der Waals surface area (Å²) in [6.45, 7) is 0.321. The van der Waals surface area contributed by atoms with Gasteiger partial charge in [0.25, 0.3) is 0 Å². The van der Waals surface area contributed by atoms with Crippen LogP contribution in [-0.4, -0.2) is 45.0 Å². The average molecular weight is 412 g/mol. The first-order valence-electron chi connectivity index (χ1n) is 11.3. The third kappa shape index (κ3) is 5.36. The van der Waals surface area contributed by atoms with Crippen molar-refractivity contribution in [3.05, 3.63) is 54.1 Å². The zero-order valence-electron chi connectivity index (χ0n) is 17.5. The van der Waals surface area contributed by atoms with Gasteiger partial charge in [-0.3, -0.25) is 0 Å². The van der Waals surface area contributed by atoms with Crippen LogP contribution in [0.15, 0.2) is 42.6 Å². The van der Waals surface area contributed by atoms with Crippen LogP contribution < -0.4 is 10.1 Å². The van der Waals surface area contributed by atoms with Gasteiger partial charge in [-0.2, -0.15) is 0 Å². The van der Waals surface area contributed by atoms with E-state index in [9.17, 15) is 10.2 Å². The number of nitrogens with zero attached hydrogens (tertiary/aromatic N) is 2. The summed E-state index contributed by atoms with van der Waals surface area (Å²) in [5, 5.41) is 24.3. The molecule has 2 aliphatic carbocycles. The number of para-hydroxylation sites is 1. The maximum atomic E-state index is 10.5. The van der Waals surface area contributed by atoms with Crippen LogP contribution in [0.5, 0.6) is 5.75 Å². The molecule has 0 amide bonds. The number of nitrogens with one attached hydrogen (secondary N) is 1. The van der Waals surface area contributed by atoms with E-state index < -0.39 is 6.10 Å². The summed E-state index contributed by atoms with van der Waals surface area (Å²) in [6.07, 6.45) is 9.00. The second-order valence-electron chi connectivity index (χ2n) is 8.69. The largest absolute Gasteiger partial charge is 0.486 e. The standard InChI is InChI=1S/C24H33N3O3/c28-15-21-20(22(14-23(21)29)26-17-7-3-1-4-8-17)13-18-11-12-25-24(27-18)16-30-19-9-5-2-6-10-19/h2,5-6,9-12,17,20-23,26,28-29H,1,3-4,7-8,13-16H2. The Balaban J connectivity index is 1.42. The van der Waals surface area contributed by atoms with E-state index in [0.717, 1.165) is 11.4 Å². The van der Waals surface area contributed by atoms with Crippen molar-refractivity contribution in [3.8, 4) is 5.75 Å². The van der Waals surface area contributed by atoms with Gasteiger partial charge in [0.1, 0.15) is 12.4 Å². The summed E-state index contributed by atoms with van der Waals surface area (Å²) in [5.41, 5.74) is 0.935. The molecule has 1 heterocycles. The van der Waals surface area contributed by atoms with Crippen molar-refractivity contribution in [1.29, 1.82) is 0 Å². The summed E-state index contributed by atoms with van der Waals surface area (Å²) < 4.78 is 5.78. The molecule has 0 saturated heterocycles. The molecule has 30 heavy (non-hydrogen) atoms. The Bertz CT molecular complexity index is 782. The first-order valence-corrected chi connectivity index (χ1v) is 11.3. The number of aromatic nitrogens is 2. The molecule has 162 valence electrons. The lowest BCUT2D eigenvalue weighted by Crippen LogP contribution is -2.43. The van der Waals surface area contributed by atoms with Crippen LogP contribution in [0.25, 0.3) is 0 Å². The molecule has 6 nitrogen and oxygen atoms in total. The molecule has 1 aromatic heterocycles. The molecule has 2 fully saturated rings. The first kappa shape index (κ1) is 21.2. The van der Waals surface area contributed by atoms with E-state index in [4.69, 9.17) is 9.72 Å². The van der Waals surface area contributed by atoms with E-state index >= 15 is 0 Å². The van der Waals surface area contributed by atoms with Crippen LogP contribution in [0.4, 0.5) is 0 Å². The van der Waals surface area contributed by atoms with E-state index in [2.05, 4.69) is 10.3 Å². The minimum atomic E-state index is -0.469. The second-order valence-corrected chi connectivity index (χ2v) is 8.69. The van der Waals surface area contributed by atoms with Crippen molar-refractivity contribution in [2.75, 3.05) is 6.61 Å². The van der Waals surface area contributed by atoms with Crippen LogP contribution in [0.1, 0.15) is 50.0 Å². The van der Waals surface area contributed by atoms with Gasteiger partial charge < -0.3 is 20.3 Å².